The predicted molar refractivity (Wildman–Crippen MR) is 121 cm³/mol. The lowest BCUT2D eigenvalue weighted by Crippen LogP contribution is -2.40. The second kappa shape index (κ2) is 7.58. The second-order valence-corrected chi connectivity index (χ2v) is 8.30. The van der Waals surface area contributed by atoms with Crippen LogP contribution < -0.4 is 0 Å². The van der Waals surface area contributed by atoms with Crippen molar-refractivity contribution in [3.05, 3.63) is 89.2 Å². The lowest BCUT2D eigenvalue weighted by atomic mass is 9.89. The van der Waals surface area contributed by atoms with Crippen LogP contribution in [0.2, 0.25) is 0 Å². The second-order valence-electron chi connectivity index (χ2n) is 8.30. The number of aliphatic carboxylic acids is 1. The van der Waals surface area contributed by atoms with E-state index in [2.05, 4.69) is 4.40 Å². The van der Waals surface area contributed by atoms with Crippen molar-refractivity contribution in [1.29, 1.82) is 0 Å². The van der Waals surface area contributed by atoms with Gasteiger partial charge in [0.15, 0.2) is 0 Å². The van der Waals surface area contributed by atoms with Crippen molar-refractivity contribution < 1.29 is 14.7 Å². The van der Waals surface area contributed by atoms with E-state index in [1.165, 1.54) is 0 Å². The number of hydrogen-bond donors (Lipinski definition) is 1. The van der Waals surface area contributed by atoms with Crippen molar-refractivity contribution in [1.82, 2.24) is 9.30 Å². The van der Waals surface area contributed by atoms with E-state index < -0.39 is 5.97 Å². The largest absolute Gasteiger partial charge is 0.481 e. The van der Waals surface area contributed by atoms with Gasteiger partial charge in [-0.2, -0.15) is 0 Å². The van der Waals surface area contributed by atoms with Gasteiger partial charge in [0, 0.05) is 42.5 Å². The molecule has 1 atom stereocenters. The number of carboxylic acids is 1. The van der Waals surface area contributed by atoms with Crippen LogP contribution in [0.5, 0.6) is 0 Å². The molecular formula is C26H24N2O3. The minimum Gasteiger partial charge on any atom is -0.481 e. The Bertz CT molecular complexity index is 1320. The third-order valence-corrected chi connectivity index (χ3v) is 6.52. The normalized spacial score (nSPS) is 15.7. The molecule has 5 heteroatoms. The maximum atomic E-state index is 13.3. The Hall–Kier alpha value is -3.60. The minimum atomic E-state index is -0.815. The van der Waals surface area contributed by atoms with Crippen molar-refractivity contribution in [2.75, 3.05) is 7.05 Å². The highest BCUT2D eigenvalue weighted by Crippen LogP contribution is 2.32. The number of aromatic nitrogens is 1. The van der Waals surface area contributed by atoms with E-state index in [0.29, 0.717) is 5.56 Å². The summed E-state index contributed by atoms with van der Waals surface area (Å²) in [6.45, 7) is 0. The fourth-order valence-electron chi connectivity index (χ4n) is 4.92. The van der Waals surface area contributed by atoms with Crippen LogP contribution in [-0.2, 0) is 24.1 Å². The Balaban J connectivity index is 1.45. The zero-order chi connectivity index (χ0) is 21.5. The Morgan fingerprint density at radius 2 is 1.84 bits per heavy atom. The molecule has 5 rings (SSSR count). The van der Waals surface area contributed by atoms with Crippen LogP contribution in [0, 0.1) is 0 Å². The number of rotatable bonds is 4. The molecule has 156 valence electrons. The summed E-state index contributed by atoms with van der Waals surface area (Å²) in [6, 6.07) is 19.9. The van der Waals surface area contributed by atoms with Gasteiger partial charge in [0.1, 0.15) is 0 Å². The van der Waals surface area contributed by atoms with Crippen molar-refractivity contribution in [2.24, 2.45) is 0 Å². The van der Waals surface area contributed by atoms with Gasteiger partial charge in [-0.15, -0.1) is 0 Å². The van der Waals surface area contributed by atoms with Gasteiger partial charge in [-0.25, -0.2) is 0 Å². The lowest BCUT2D eigenvalue weighted by molar-refractivity contribution is -0.136. The fourth-order valence-corrected chi connectivity index (χ4v) is 4.92. The number of pyridine rings is 1. The summed E-state index contributed by atoms with van der Waals surface area (Å²) in [6.07, 6.45) is 4.34. The molecule has 31 heavy (non-hydrogen) atoms. The predicted octanol–water partition coefficient (Wildman–Crippen LogP) is 4.35. The fraction of sp³-hybridized carbons (Fsp3) is 0.231. The van der Waals surface area contributed by atoms with Crippen LogP contribution >= 0.6 is 0 Å². The maximum absolute atomic E-state index is 13.3. The molecular weight excluding hydrogens is 388 g/mol. The van der Waals surface area contributed by atoms with Crippen LogP contribution in [0.3, 0.4) is 0 Å². The molecule has 4 aromatic rings. The first kappa shape index (κ1) is 19.4. The molecule has 5 nitrogen and oxygen atoms in total. The first-order valence-corrected chi connectivity index (χ1v) is 10.6. The van der Waals surface area contributed by atoms with Crippen molar-refractivity contribution in [3.63, 3.8) is 0 Å². The quantitative estimate of drug-likeness (QED) is 0.542. The molecule has 2 aromatic heterocycles. The first-order chi connectivity index (χ1) is 15.0. The van der Waals surface area contributed by atoms with Gasteiger partial charge < -0.3 is 14.4 Å². The van der Waals surface area contributed by atoms with E-state index in [4.69, 9.17) is 0 Å². The lowest BCUT2D eigenvalue weighted by Gasteiger charge is -2.32. The van der Waals surface area contributed by atoms with Gasteiger partial charge in [-0.1, -0.05) is 36.4 Å². The zero-order valence-electron chi connectivity index (χ0n) is 17.4. The topological polar surface area (TPSA) is 62.0 Å². The average Bonchev–Trinajstić information content (AvgIpc) is 3.10. The van der Waals surface area contributed by atoms with E-state index in [0.717, 1.165) is 52.4 Å². The molecule has 0 aliphatic heterocycles. The van der Waals surface area contributed by atoms with E-state index >= 15 is 0 Å². The molecule has 0 saturated carbocycles. The summed E-state index contributed by atoms with van der Waals surface area (Å²) >= 11 is 0. The van der Waals surface area contributed by atoms with E-state index in [-0.39, 0.29) is 18.4 Å². The van der Waals surface area contributed by atoms with E-state index in [1.54, 1.807) is 0 Å². The van der Waals surface area contributed by atoms with Crippen LogP contribution in [0.1, 0.15) is 33.6 Å². The molecule has 2 aromatic carbocycles. The van der Waals surface area contributed by atoms with Crippen LogP contribution in [0.4, 0.5) is 0 Å². The summed E-state index contributed by atoms with van der Waals surface area (Å²) < 4.78 is 2.11. The number of fused-ring (bicyclic) bond motifs is 4. The number of nitrogens with zero attached hydrogens (tertiary/aromatic N) is 2. The molecule has 1 amide bonds. The summed E-state index contributed by atoms with van der Waals surface area (Å²) in [5, 5.41) is 11.6. The molecule has 2 heterocycles. The molecule has 1 aliphatic rings. The molecule has 1 aliphatic carbocycles. The highest BCUT2D eigenvalue weighted by atomic mass is 16.4. The summed E-state index contributed by atoms with van der Waals surface area (Å²) in [5.74, 6) is -0.796. The standard InChI is InChI=1S/C26H24N2O3/c1-27(26(31)19-10-9-17-6-2-3-7-18(17)14-19)20-11-12-21-22(16-25(29)30)23-8-4-5-13-28(23)24(21)15-20/h2-10,13-14,20H,11-12,15-16H2,1H3,(H,29,30)/t20-/m1/s1. The maximum Gasteiger partial charge on any atom is 0.307 e. The van der Waals surface area contributed by atoms with Crippen LogP contribution in [-0.4, -0.2) is 39.4 Å². The number of carbonyl (C=O) groups excluding carboxylic acids is 1. The Morgan fingerprint density at radius 1 is 1.06 bits per heavy atom. The van der Waals surface area contributed by atoms with E-state index in [1.807, 2.05) is 78.8 Å². The monoisotopic (exact) mass is 412 g/mol. The van der Waals surface area contributed by atoms with Gasteiger partial charge in [-0.05, 0) is 59.0 Å². The third kappa shape index (κ3) is 3.36. The van der Waals surface area contributed by atoms with Gasteiger partial charge in [-0.3, -0.25) is 9.59 Å². The van der Waals surface area contributed by atoms with E-state index in [9.17, 15) is 14.7 Å². The Morgan fingerprint density at radius 3 is 2.65 bits per heavy atom. The highest BCUT2D eigenvalue weighted by Gasteiger charge is 2.30. The first-order valence-electron chi connectivity index (χ1n) is 10.6. The summed E-state index contributed by atoms with van der Waals surface area (Å²) in [4.78, 5) is 26.6. The van der Waals surface area contributed by atoms with Crippen molar-refractivity contribution >= 4 is 28.2 Å². The van der Waals surface area contributed by atoms with Gasteiger partial charge in [0.05, 0.1) is 6.42 Å². The van der Waals surface area contributed by atoms with Gasteiger partial charge in [0.2, 0.25) is 0 Å². The number of carboxylic acid groups (broad SMARTS) is 1. The van der Waals surface area contributed by atoms with Gasteiger partial charge >= 0.3 is 5.97 Å². The van der Waals surface area contributed by atoms with Crippen LogP contribution in [0.25, 0.3) is 16.3 Å². The molecule has 0 unspecified atom stereocenters. The minimum absolute atomic E-state index is 0.0193. The Kier molecular flexibility index (Phi) is 4.74. The summed E-state index contributed by atoms with van der Waals surface area (Å²) in [5.41, 5.74) is 4.82. The molecule has 1 N–H and O–H groups in total. The molecule has 0 radical (unpaired) electrons. The summed E-state index contributed by atoms with van der Waals surface area (Å²) in [7, 11) is 1.88. The molecule has 0 fully saturated rings. The molecule has 0 spiro atoms. The number of benzene rings is 2. The smallest absolute Gasteiger partial charge is 0.307 e. The third-order valence-electron chi connectivity index (χ3n) is 6.52. The SMILES string of the molecule is CN(C(=O)c1ccc2ccccc2c1)[C@@H]1CCc2c(CC(=O)O)c3ccccn3c2C1. The molecule has 0 saturated heterocycles. The average molecular weight is 412 g/mol. The number of amides is 1. The Labute approximate surface area is 180 Å². The van der Waals surface area contributed by atoms with Crippen LogP contribution in [0.15, 0.2) is 66.9 Å². The zero-order valence-corrected chi connectivity index (χ0v) is 17.4. The highest BCUT2D eigenvalue weighted by molar-refractivity contribution is 5.98. The number of carbonyl (C=O) groups is 2. The molecule has 0 bridgehead atoms. The number of hydrogen-bond acceptors (Lipinski definition) is 2. The van der Waals surface area contributed by atoms with Crippen molar-refractivity contribution in [3.8, 4) is 0 Å². The van der Waals surface area contributed by atoms with Gasteiger partial charge in [0.25, 0.3) is 5.91 Å². The van der Waals surface area contributed by atoms with Crippen molar-refractivity contribution in [2.45, 2.75) is 31.7 Å². The number of likely N-dealkylation sites (N-methyl/N-ethyl adjacent to an activating group) is 1.